The Morgan fingerprint density at radius 3 is 2.39 bits per heavy atom. The van der Waals surface area contributed by atoms with Gasteiger partial charge in [-0.2, -0.15) is 0 Å². The number of nitrogens with two attached hydrogens (primary N) is 1. The summed E-state index contributed by atoms with van der Waals surface area (Å²) < 4.78 is 41.4. The van der Waals surface area contributed by atoms with Crippen LogP contribution in [0.2, 0.25) is 5.02 Å². The van der Waals surface area contributed by atoms with Gasteiger partial charge in [0.2, 0.25) is 10.0 Å². The smallest absolute Gasteiger partial charge is 0.255 e. The van der Waals surface area contributed by atoms with Crippen LogP contribution in [0.15, 0.2) is 71.6 Å². The van der Waals surface area contributed by atoms with Crippen LogP contribution in [0, 0.1) is 5.82 Å². The number of amides is 2. The van der Waals surface area contributed by atoms with E-state index < -0.39 is 27.7 Å². The lowest BCUT2D eigenvalue weighted by Gasteiger charge is -2.11. The van der Waals surface area contributed by atoms with E-state index in [-0.39, 0.29) is 33.3 Å². The molecule has 3 rings (SSSR count). The highest BCUT2D eigenvalue weighted by Crippen LogP contribution is 2.24. The van der Waals surface area contributed by atoms with E-state index in [1.807, 2.05) is 6.07 Å². The number of hydrogen-bond donors (Lipinski definition) is 3. The summed E-state index contributed by atoms with van der Waals surface area (Å²) in [6.45, 7) is 0.0431. The van der Waals surface area contributed by atoms with E-state index in [2.05, 4.69) is 10.0 Å². The maximum absolute atomic E-state index is 13.6. The van der Waals surface area contributed by atoms with Crippen LogP contribution >= 0.6 is 11.6 Å². The molecule has 0 saturated carbocycles. The molecule has 0 unspecified atom stereocenters. The maximum Gasteiger partial charge on any atom is 0.255 e. The molecule has 0 aliphatic carbocycles. The Morgan fingerprint density at radius 2 is 1.71 bits per heavy atom. The topological polar surface area (TPSA) is 118 Å². The number of carbonyl (C=O) groups excluding carboxylic acids is 2. The largest absolute Gasteiger partial charge is 0.366 e. The molecule has 0 saturated heterocycles. The molecule has 0 heterocycles. The van der Waals surface area contributed by atoms with E-state index in [1.54, 1.807) is 24.3 Å². The monoisotopic (exact) mass is 461 g/mol. The normalized spacial score (nSPS) is 11.2. The van der Waals surface area contributed by atoms with Gasteiger partial charge >= 0.3 is 0 Å². The predicted octanol–water partition coefficient (Wildman–Crippen LogP) is 3.31. The third kappa shape index (κ3) is 5.46. The molecular formula is C21H17ClFN3O4S. The zero-order valence-corrected chi connectivity index (χ0v) is 17.5. The molecule has 31 heavy (non-hydrogen) atoms. The Balaban J connectivity index is 1.82. The molecule has 0 aliphatic rings. The lowest BCUT2D eigenvalue weighted by atomic mass is 10.1. The molecule has 0 aromatic heterocycles. The second-order valence-corrected chi connectivity index (χ2v) is 8.61. The fourth-order valence-electron chi connectivity index (χ4n) is 2.70. The number of primary amides is 1. The highest BCUT2D eigenvalue weighted by molar-refractivity contribution is 7.89. The summed E-state index contributed by atoms with van der Waals surface area (Å²) in [6.07, 6.45) is 0. The average molecular weight is 462 g/mol. The van der Waals surface area contributed by atoms with E-state index in [4.69, 9.17) is 17.3 Å². The molecule has 160 valence electrons. The van der Waals surface area contributed by atoms with E-state index in [0.717, 1.165) is 23.8 Å². The van der Waals surface area contributed by atoms with Crippen LogP contribution in [0.1, 0.15) is 26.3 Å². The van der Waals surface area contributed by atoms with Gasteiger partial charge in [0.05, 0.1) is 10.6 Å². The number of anilines is 1. The average Bonchev–Trinajstić information content (AvgIpc) is 2.74. The van der Waals surface area contributed by atoms with Crippen LogP contribution in [0.3, 0.4) is 0 Å². The molecule has 0 fully saturated rings. The molecule has 3 aromatic rings. The molecule has 0 bridgehead atoms. The Labute approximate surface area is 183 Å². The number of hydrogen-bond acceptors (Lipinski definition) is 4. The van der Waals surface area contributed by atoms with E-state index in [0.29, 0.717) is 0 Å². The highest BCUT2D eigenvalue weighted by atomic mass is 35.5. The van der Waals surface area contributed by atoms with Crippen LogP contribution in [0.25, 0.3) is 0 Å². The van der Waals surface area contributed by atoms with Crippen LogP contribution in [0.5, 0.6) is 0 Å². The second-order valence-electron chi connectivity index (χ2n) is 6.47. The van der Waals surface area contributed by atoms with Crippen LogP contribution in [-0.2, 0) is 16.6 Å². The fraction of sp³-hybridized carbons (Fsp3) is 0.0476. The highest BCUT2D eigenvalue weighted by Gasteiger charge is 2.20. The zero-order valence-electron chi connectivity index (χ0n) is 15.9. The van der Waals surface area contributed by atoms with Gasteiger partial charge in [-0.25, -0.2) is 17.5 Å². The molecule has 3 aromatic carbocycles. The Bertz CT molecular complexity index is 1250. The van der Waals surface area contributed by atoms with Crippen molar-refractivity contribution < 1.29 is 22.4 Å². The first-order valence-corrected chi connectivity index (χ1v) is 10.8. The van der Waals surface area contributed by atoms with E-state index in [1.165, 1.54) is 18.2 Å². The molecule has 0 radical (unpaired) electrons. The van der Waals surface area contributed by atoms with Crippen molar-refractivity contribution in [2.24, 2.45) is 5.73 Å². The van der Waals surface area contributed by atoms with Crippen molar-refractivity contribution in [2.75, 3.05) is 5.32 Å². The summed E-state index contributed by atoms with van der Waals surface area (Å²) in [5.74, 6) is -2.49. The van der Waals surface area contributed by atoms with Crippen molar-refractivity contribution >= 4 is 39.1 Å². The molecule has 7 nitrogen and oxygen atoms in total. The summed E-state index contributed by atoms with van der Waals surface area (Å²) in [5.41, 5.74) is 5.57. The molecule has 4 N–H and O–H groups in total. The van der Waals surface area contributed by atoms with Gasteiger partial charge in [0, 0.05) is 17.8 Å². The van der Waals surface area contributed by atoms with Gasteiger partial charge < -0.3 is 11.1 Å². The van der Waals surface area contributed by atoms with Crippen molar-refractivity contribution in [3.63, 3.8) is 0 Å². The van der Waals surface area contributed by atoms with Crippen LogP contribution < -0.4 is 15.8 Å². The quantitative estimate of drug-likeness (QED) is 0.500. The Morgan fingerprint density at radius 1 is 1.00 bits per heavy atom. The first-order chi connectivity index (χ1) is 14.7. The number of halogens is 2. The third-order valence-electron chi connectivity index (χ3n) is 4.28. The number of rotatable bonds is 7. The first kappa shape index (κ1) is 22.4. The van der Waals surface area contributed by atoms with Crippen molar-refractivity contribution in [2.45, 2.75) is 11.4 Å². The molecule has 2 amide bonds. The summed E-state index contributed by atoms with van der Waals surface area (Å²) in [6, 6.07) is 16.0. The summed E-state index contributed by atoms with van der Waals surface area (Å²) in [7, 11) is -4.01. The van der Waals surface area contributed by atoms with Gasteiger partial charge in [-0.1, -0.05) is 41.9 Å². The van der Waals surface area contributed by atoms with Gasteiger partial charge in [-0.3, -0.25) is 9.59 Å². The summed E-state index contributed by atoms with van der Waals surface area (Å²) in [4.78, 5) is 23.6. The first-order valence-electron chi connectivity index (χ1n) is 8.91. The summed E-state index contributed by atoms with van der Waals surface area (Å²) in [5, 5.41) is 2.40. The van der Waals surface area contributed by atoms with Gasteiger partial charge in [0.1, 0.15) is 10.7 Å². The van der Waals surface area contributed by atoms with Crippen molar-refractivity contribution in [1.29, 1.82) is 0 Å². The maximum atomic E-state index is 13.6. The standard InChI is InChI=1S/C21H17ClFN3O4S/c22-17-8-6-14(21(28)26-15-7-9-18(23)16(11-15)20(24)27)10-19(17)31(29,30)25-12-13-4-2-1-3-5-13/h1-11,25H,12H2,(H2,24,27)(H,26,28). The number of carbonyl (C=O) groups is 2. The van der Waals surface area contributed by atoms with Crippen LogP contribution in [-0.4, -0.2) is 20.2 Å². The van der Waals surface area contributed by atoms with Crippen molar-refractivity contribution in [1.82, 2.24) is 4.72 Å². The van der Waals surface area contributed by atoms with E-state index in [9.17, 15) is 22.4 Å². The molecule has 0 spiro atoms. The minimum atomic E-state index is -4.01. The minimum Gasteiger partial charge on any atom is -0.366 e. The van der Waals surface area contributed by atoms with Crippen molar-refractivity contribution in [3.05, 3.63) is 94.3 Å². The van der Waals surface area contributed by atoms with Crippen LogP contribution in [0.4, 0.5) is 10.1 Å². The lowest BCUT2D eigenvalue weighted by molar-refractivity contribution is 0.0992. The number of sulfonamides is 1. The van der Waals surface area contributed by atoms with Gasteiger partial charge in [0.25, 0.3) is 11.8 Å². The van der Waals surface area contributed by atoms with E-state index >= 15 is 0 Å². The minimum absolute atomic E-state index is 0.00515. The number of nitrogens with one attached hydrogen (secondary N) is 2. The fourth-order valence-corrected chi connectivity index (χ4v) is 4.24. The SMILES string of the molecule is NC(=O)c1cc(NC(=O)c2ccc(Cl)c(S(=O)(=O)NCc3ccccc3)c2)ccc1F. The molecule has 0 aliphatic heterocycles. The zero-order chi connectivity index (χ0) is 22.6. The Kier molecular flexibility index (Phi) is 6.69. The molecule has 0 atom stereocenters. The predicted molar refractivity (Wildman–Crippen MR) is 115 cm³/mol. The molecular weight excluding hydrogens is 445 g/mol. The lowest BCUT2D eigenvalue weighted by Crippen LogP contribution is -2.24. The van der Waals surface area contributed by atoms with Crippen molar-refractivity contribution in [3.8, 4) is 0 Å². The number of benzene rings is 3. The Hall–Kier alpha value is -3.27. The van der Waals surface area contributed by atoms with Gasteiger partial charge in [-0.05, 0) is 42.0 Å². The third-order valence-corrected chi connectivity index (χ3v) is 6.16. The van der Waals surface area contributed by atoms with Gasteiger partial charge in [0.15, 0.2) is 0 Å². The summed E-state index contributed by atoms with van der Waals surface area (Å²) >= 11 is 6.06. The second kappa shape index (κ2) is 9.25. The van der Waals surface area contributed by atoms with Gasteiger partial charge in [-0.15, -0.1) is 0 Å². The molecule has 10 heteroatoms.